The Morgan fingerprint density at radius 3 is 2.46 bits per heavy atom. The van der Waals surface area contributed by atoms with E-state index in [-0.39, 0.29) is 39.3 Å². The van der Waals surface area contributed by atoms with Gasteiger partial charge >= 0.3 is 0 Å². The predicted octanol–water partition coefficient (Wildman–Crippen LogP) is 5.55. The van der Waals surface area contributed by atoms with E-state index in [4.69, 9.17) is 50.8 Å². The highest BCUT2D eigenvalue weighted by Crippen LogP contribution is 2.35. The van der Waals surface area contributed by atoms with E-state index < -0.39 is 0 Å². The molecule has 0 atom stereocenters. The molecule has 0 bridgehead atoms. The van der Waals surface area contributed by atoms with Crippen LogP contribution in [0, 0.1) is 0 Å². The number of hydrogen-bond donors (Lipinski definition) is 0. The molecule has 1 amide bonds. The minimum Gasteiger partial charge on any atom is -0.419 e. The van der Waals surface area contributed by atoms with Crippen molar-refractivity contribution in [2.45, 2.75) is 25.4 Å². The highest BCUT2D eigenvalue weighted by atomic mass is 35.5. The van der Waals surface area contributed by atoms with Gasteiger partial charge in [-0.1, -0.05) is 46.4 Å². The van der Waals surface area contributed by atoms with Crippen molar-refractivity contribution in [3.05, 3.63) is 62.1 Å². The molecule has 6 nitrogen and oxygen atoms in total. The van der Waals surface area contributed by atoms with E-state index in [1.54, 1.807) is 29.2 Å². The molecule has 0 spiro atoms. The second kappa shape index (κ2) is 7.87. The van der Waals surface area contributed by atoms with Gasteiger partial charge < -0.3 is 9.32 Å². The van der Waals surface area contributed by atoms with Crippen LogP contribution in [0.3, 0.4) is 0 Å². The number of hydrogen-bond acceptors (Lipinski definition) is 5. The van der Waals surface area contributed by atoms with Gasteiger partial charge in [0.05, 0.1) is 21.6 Å². The lowest BCUT2D eigenvalue weighted by molar-refractivity contribution is 0.0708. The summed E-state index contributed by atoms with van der Waals surface area (Å²) in [4.78, 5) is 18.7. The van der Waals surface area contributed by atoms with Crippen molar-refractivity contribution in [1.29, 1.82) is 0 Å². The van der Waals surface area contributed by atoms with Crippen LogP contribution in [0.4, 0.5) is 0 Å². The number of amides is 1. The van der Waals surface area contributed by atoms with E-state index in [0.29, 0.717) is 16.8 Å². The van der Waals surface area contributed by atoms with E-state index in [9.17, 15) is 4.79 Å². The lowest BCUT2D eigenvalue weighted by atomic mass is 10.2. The summed E-state index contributed by atoms with van der Waals surface area (Å²) in [5, 5.41) is 9.02. The number of rotatable bonds is 5. The molecule has 0 aliphatic heterocycles. The van der Waals surface area contributed by atoms with E-state index in [0.717, 1.165) is 18.4 Å². The minimum absolute atomic E-state index is 0.0252. The van der Waals surface area contributed by atoms with E-state index in [1.807, 2.05) is 0 Å². The van der Waals surface area contributed by atoms with Crippen molar-refractivity contribution in [3.8, 4) is 11.5 Å². The topological polar surface area (TPSA) is 72.1 Å². The van der Waals surface area contributed by atoms with Gasteiger partial charge in [0.25, 0.3) is 5.91 Å². The third kappa shape index (κ3) is 3.96. The quantitative estimate of drug-likeness (QED) is 0.502. The van der Waals surface area contributed by atoms with Gasteiger partial charge in [0, 0.05) is 22.8 Å². The summed E-state index contributed by atoms with van der Waals surface area (Å²) in [6.45, 7) is 0.141. The summed E-state index contributed by atoms with van der Waals surface area (Å²) < 4.78 is 5.72. The molecule has 10 heteroatoms. The van der Waals surface area contributed by atoms with Gasteiger partial charge in [-0.3, -0.25) is 4.79 Å². The third-order valence-corrected chi connectivity index (χ3v) is 5.72. The van der Waals surface area contributed by atoms with Crippen LogP contribution in [0.2, 0.25) is 20.1 Å². The number of pyridine rings is 1. The summed E-state index contributed by atoms with van der Waals surface area (Å²) in [6, 6.07) is 7.09. The molecule has 4 rings (SSSR count). The monoisotopic (exact) mass is 456 g/mol. The number of benzene rings is 1. The molecule has 0 unspecified atom stereocenters. The molecule has 0 radical (unpaired) electrons. The zero-order valence-electron chi connectivity index (χ0n) is 14.2. The normalized spacial score (nSPS) is 13.6. The predicted molar refractivity (Wildman–Crippen MR) is 107 cm³/mol. The number of carbonyl (C=O) groups is 1. The van der Waals surface area contributed by atoms with Crippen LogP contribution in [-0.4, -0.2) is 32.0 Å². The van der Waals surface area contributed by atoms with Crippen LogP contribution in [0.25, 0.3) is 11.5 Å². The summed E-state index contributed by atoms with van der Waals surface area (Å²) in [7, 11) is 0. The first-order chi connectivity index (χ1) is 13.4. The zero-order valence-corrected chi connectivity index (χ0v) is 17.2. The van der Waals surface area contributed by atoms with Gasteiger partial charge in [-0.2, -0.15) is 0 Å². The van der Waals surface area contributed by atoms with Crippen molar-refractivity contribution < 1.29 is 9.21 Å². The van der Waals surface area contributed by atoms with E-state index >= 15 is 0 Å². The fourth-order valence-corrected chi connectivity index (χ4v) is 3.34. The first-order valence-electron chi connectivity index (χ1n) is 8.33. The van der Waals surface area contributed by atoms with E-state index in [2.05, 4.69) is 15.2 Å². The lowest BCUT2D eigenvalue weighted by Gasteiger charge is -2.20. The van der Waals surface area contributed by atoms with Gasteiger partial charge in [0.1, 0.15) is 5.69 Å². The Morgan fingerprint density at radius 1 is 1.07 bits per heavy atom. The van der Waals surface area contributed by atoms with Crippen LogP contribution in [0.1, 0.15) is 29.2 Å². The first kappa shape index (κ1) is 19.5. The molecule has 0 N–H and O–H groups in total. The fraction of sp³-hybridized carbons (Fsp3) is 0.222. The summed E-state index contributed by atoms with van der Waals surface area (Å²) in [5.41, 5.74) is 0.780. The van der Waals surface area contributed by atoms with Crippen LogP contribution in [0.5, 0.6) is 0 Å². The fourth-order valence-electron chi connectivity index (χ4n) is 2.65. The third-order valence-electron chi connectivity index (χ3n) is 4.23. The maximum absolute atomic E-state index is 13.0. The Morgan fingerprint density at radius 2 is 1.79 bits per heavy atom. The zero-order chi connectivity index (χ0) is 19.8. The number of nitrogens with zero attached hydrogens (tertiary/aromatic N) is 4. The molecule has 0 saturated heterocycles. The molecule has 1 saturated carbocycles. The van der Waals surface area contributed by atoms with Crippen molar-refractivity contribution >= 4 is 52.3 Å². The van der Waals surface area contributed by atoms with Crippen LogP contribution in [-0.2, 0) is 6.54 Å². The molecule has 2 aromatic heterocycles. The molecule has 1 fully saturated rings. The standard InChI is InChI=1S/C18H12Cl4N4O2/c19-10-3-1-9(2-4-10)17-25-24-13(28-17)8-26(11-5-6-11)18(27)16-15(22)14(21)12(20)7-23-16/h1-4,7,11H,5-6,8H2. The molecule has 1 aromatic carbocycles. The number of aromatic nitrogens is 3. The number of carbonyl (C=O) groups excluding carboxylic acids is 1. The molecule has 2 heterocycles. The molecule has 1 aliphatic rings. The summed E-state index contributed by atoms with van der Waals surface area (Å²) >= 11 is 24.0. The largest absolute Gasteiger partial charge is 0.419 e. The second-order valence-corrected chi connectivity index (χ2v) is 7.85. The maximum atomic E-state index is 13.0. The van der Waals surface area contributed by atoms with Crippen LogP contribution in [0.15, 0.2) is 34.9 Å². The van der Waals surface area contributed by atoms with Crippen molar-refractivity contribution in [2.75, 3.05) is 0 Å². The van der Waals surface area contributed by atoms with Gasteiger partial charge in [-0.15, -0.1) is 10.2 Å². The second-order valence-electron chi connectivity index (χ2n) is 6.25. The SMILES string of the molecule is O=C(c1ncc(Cl)c(Cl)c1Cl)N(Cc1nnc(-c2ccc(Cl)cc2)o1)C1CC1. The molecule has 1 aliphatic carbocycles. The summed E-state index contributed by atoms with van der Waals surface area (Å²) in [6.07, 6.45) is 3.06. The Balaban J connectivity index is 1.57. The average molecular weight is 458 g/mol. The van der Waals surface area contributed by atoms with Gasteiger partial charge in [-0.05, 0) is 37.1 Å². The number of halogens is 4. The van der Waals surface area contributed by atoms with Crippen LogP contribution < -0.4 is 0 Å². The lowest BCUT2D eigenvalue weighted by Crippen LogP contribution is -2.33. The Labute approximate surface area is 180 Å². The molecule has 3 aromatic rings. The van der Waals surface area contributed by atoms with E-state index in [1.165, 1.54) is 6.20 Å². The van der Waals surface area contributed by atoms with Crippen molar-refractivity contribution in [1.82, 2.24) is 20.1 Å². The van der Waals surface area contributed by atoms with Crippen molar-refractivity contribution in [3.63, 3.8) is 0 Å². The first-order valence-corrected chi connectivity index (χ1v) is 9.84. The van der Waals surface area contributed by atoms with Gasteiger partial charge in [-0.25, -0.2) is 4.98 Å². The van der Waals surface area contributed by atoms with Gasteiger partial charge in [0.2, 0.25) is 11.8 Å². The highest BCUT2D eigenvalue weighted by molar-refractivity contribution is 6.48. The van der Waals surface area contributed by atoms with Crippen LogP contribution >= 0.6 is 46.4 Å². The van der Waals surface area contributed by atoms with Crippen molar-refractivity contribution in [2.24, 2.45) is 0 Å². The average Bonchev–Trinajstić information content (AvgIpc) is 3.42. The Bertz CT molecular complexity index is 1030. The molecular formula is C18H12Cl4N4O2. The summed E-state index contributed by atoms with van der Waals surface area (Å²) in [5.74, 6) is 0.291. The Kier molecular flexibility index (Phi) is 5.47. The molecular weight excluding hydrogens is 446 g/mol. The minimum atomic E-state index is -0.364. The van der Waals surface area contributed by atoms with Gasteiger partial charge in [0.15, 0.2) is 0 Å². The molecule has 28 heavy (non-hydrogen) atoms. The highest BCUT2D eigenvalue weighted by Gasteiger charge is 2.36. The Hall–Kier alpha value is -1.86. The molecule has 144 valence electrons. The smallest absolute Gasteiger partial charge is 0.274 e. The maximum Gasteiger partial charge on any atom is 0.274 e.